The number of nitrogens with one attached hydrogen (secondary N) is 2. The Hall–Kier alpha value is -2.64. The minimum absolute atomic E-state index is 0.222. The van der Waals surface area contributed by atoms with Crippen molar-refractivity contribution in [2.75, 3.05) is 5.32 Å². The van der Waals surface area contributed by atoms with Crippen molar-refractivity contribution in [2.24, 2.45) is 0 Å². The molecule has 3 rings (SSSR count). The summed E-state index contributed by atoms with van der Waals surface area (Å²) in [4.78, 5) is 23.5. The van der Waals surface area contributed by atoms with E-state index in [0.717, 1.165) is 6.42 Å². The summed E-state index contributed by atoms with van der Waals surface area (Å²) in [5.74, 6) is 1.75. The molecule has 0 amide bonds. The number of fused-ring (bicyclic) bond motifs is 1. The average molecular weight is 316 g/mol. The third kappa shape index (κ3) is 2.96. The zero-order valence-electron chi connectivity index (χ0n) is 13.7. The molecule has 0 aliphatic carbocycles. The number of nitrogens with zero attached hydrogens (tertiary/aromatic N) is 4. The van der Waals surface area contributed by atoms with Crippen LogP contribution in [0.2, 0.25) is 0 Å². The maximum atomic E-state index is 12.2. The second-order valence-corrected chi connectivity index (χ2v) is 6.31. The van der Waals surface area contributed by atoms with Crippen LogP contribution in [-0.4, -0.2) is 24.7 Å². The Bertz CT molecular complexity index is 883. The van der Waals surface area contributed by atoms with Crippen molar-refractivity contribution in [3.63, 3.8) is 0 Å². The molecule has 0 unspecified atom stereocenters. The van der Waals surface area contributed by atoms with Gasteiger partial charge in [-0.2, -0.15) is 10.1 Å². The van der Waals surface area contributed by atoms with E-state index in [-0.39, 0.29) is 11.1 Å². The molecule has 0 saturated heterocycles. The van der Waals surface area contributed by atoms with Gasteiger partial charge in [-0.15, -0.1) is 0 Å². The highest BCUT2D eigenvalue weighted by Gasteiger charge is 2.19. The number of aromatic nitrogens is 5. The lowest BCUT2D eigenvalue weighted by atomic mass is 10.1. The second-order valence-electron chi connectivity index (χ2n) is 6.31. The molecule has 0 saturated carbocycles. The largest absolute Gasteiger partial charge is 0.444 e. The molecule has 0 radical (unpaired) electrons. The van der Waals surface area contributed by atoms with E-state index < -0.39 is 0 Å². The predicted molar refractivity (Wildman–Crippen MR) is 86.4 cm³/mol. The van der Waals surface area contributed by atoms with E-state index in [9.17, 15) is 4.79 Å². The molecule has 8 heteroatoms. The van der Waals surface area contributed by atoms with Crippen LogP contribution in [0.3, 0.4) is 0 Å². The van der Waals surface area contributed by atoms with Gasteiger partial charge in [0.1, 0.15) is 11.1 Å². The molecule has 0 bridgehead atoms. The number of hydrogen-bond donors (Lipinski definition) is 2. The highest BCUT2D eigenvalue weighted by molar-refractivity contribution is 5.74. The van der Waals surface area contributed by atoms with Gasteiger partial charge in [0.2, 0.25) is 5.95 Å². The smallest absolute Gasteiger partial charge is 0.263 e. The van der Waals surface area contributed by atoms with E-state index >= 15 is 0 Å². The van der Waals surface area contributed by atoms with Crippen molar-refractivity contribution < 1.29 is 4.42 Å². The average Bonchev–Trinajstić information content (AvgIpc) is 3.11. The molecule has 3 heterocycles. The molecule has 122 valence electrons. The molecule has 2 N–H and O–H groups in total. The number of hydrogen-bond acceptors (Lipinski definition) is 6. The van der Waals surface area contributed by atoms with Crippen LogP contribution in [0.5, 0.6) is 0 Å². The van der Waals surface area contributed by atoms with Crippen molar-refractivity contribution in [1.82, 2.24) is 24.7 Å². The summed E-state index contributed by atoms with van der Waals surface area (Å²) in [5, 5.41) is 7.81. The van der Waals surface area contributed by atoms with Crippen molar-refractivity contribution in [2.45, 2.75) is 46.2 Å². The minimum Gasteiger partial charge on any atom is -0.444 e. The van der Waals surface area contributed by atoms with Gasteiger partial charge in [0.25, 0.3) is 5.56 Å². The summed E-state index contributed by atoms with van der Waals surface area (Å²) in [6.45, 7) is 8.40. The third-order valence-electron chi connectivity index (χ3n) is 3.41. The molecular formula is C15H20N6O2. The van der Waals surface area contributed by atoms with E-state index in [2.05, 4.69) is 25.4 Å². The number of oxazole rings is 1. The van der Waals surface area contributed by atoms with E-state index in [1.807, 2.05) is 27.7 Å². The first-order chi connectivity index (χ1) is 10.9. The van der Waals surface area contributed by atoms with Crippen molar-refractivity contribution in [3.05, 3.63) is 34.4 Å². The highest BCUT2D eigenvalue weighted by atomic mass is 16.4. The molecule has 3 aromatic rings. The van der Waals surface area contributed by atoms with Crippen LogP contribution in [0.4, 0.5) is 5.95 Å². The molecule has 0 spiro atoms. The number of aromatic amines is 1. The SMILES string of the molecule is CCc1ncc(CNc2nc3c(cnn3C(C)(C)C)c(=O)[nH]2)o1. The van der Waals surface area contributed by atoms with Gasteiger partial charge < -0.3 is 9.73 Å². The van der Waals surface area contributed by atoms with Crippen LogP contribution in [0.15, 0.2) is 21.6 Å². The van der Waals surface area contributed by atoms with Crippen LogP contribution in [0, 0.1) is 0 Å². The topological polar surface area (TPSA) is 102 Å². The van der Waals surface area contributed by atoms with Gasteiger partial charge in [-0.3, -0.25) is 9.78 Å². The standard InChI is InChI=1S/C15H20N6O2/c1-5-11-16-6-9(23-11)7-17-14-19-12-10(13(22)20-14)8-18-21(12)15(2,3)4/h6,8H,5,7H2,1-4H3,(H2,17,19,20,22). The second kappa shape index (κ2) is 5.53. The van der Waals surface area contributed by atoms with Crippen molar-refractivity contribution in [3.8, 4) is 0 Å². The van der Waals surface area contributed by atoms with Gasteiger partial charge >= 0.3 is 0 Å². The molecule has 0 aliphatic rings. The van der Waals surface area contributed by atoms with Gasteiger partial charge in [0.05, 0.1) is 24.5 Å². The van der Waals surface area contributed by atoms with Gasteiger partial charge in [0, 0.05) is 6.42 Å². The molecular weight excluding hydrogens is 296 g/mol. The highest BCUT2D eigenvalue weighted by Crippen LogP contribution is 2.18. The van der Waals surface area contributed by atoms with E-state index in [1.54, 1.807) is 17.1 Å². The molecule has 23 heavy (non-hydrogen) atoms. The Morgan fingerprint density at radius 3 is 2.78 bits per heavy atom. The van der Waals surface area contributed by atoms with E-state index in [0.29, 0.717) is 35.2 Å². The van der Waals surface area contributed by atoms with Crippen molar-refractivity contribution >= 4 is 17.0 Å². The number of rotatable bonds is 4. The minimum atomic E-state index is -0.263. The predicted octanol–water partition coefficient (Wildman–Crippen LogP) is 2.04. The van der Waals surface area contributed by atoms with Gasteiger partial charge in [-0.25, -0.2) is 9.67 Å². The molecule has 0 fully saturated rings. The fourth-order valence-electron chi connectivity index (χ4n) is 2.26. The summed E-state index contributed by atoms with van der Waals surface area (Å²) >= 11 is 0. The first-order valence-corrected chi connectivity index (χ1v) is 7.54. The number of H-pyrrole nitrogens is 1. The van der Waals surface area contributed by atoms with Crippen LogP contribution in [0.25, 0.3) is 11.0 Å². The zero-order valence-corrected chi connectivity index (χ0v) is 13.7. The van der Waals surface area contributed by atoms with Crippen LogP contribution < -0.4 is 10.9 Å². The van der Waals surface area contributed by atoms with Crippen LogP contribution >= 0.6 is 0 Å². The van der Waals surface area contributed by atoms with Gasteiger partial charge in [-0.05, 0) is 20.8 Å². The van der Waals surface area contributed by atoms with Gasteiger partial charge in [0.15, 0.2) is 11.5 Å². The maximum Gasteiger partial charge on any atom is 0.263 e. The fourth-order valence-corrected chi connectivity index (χ4v) is 2.26. The lowest BCUT2D eigenvalue weighted by molar-refractivity contribution is 0.366. The number of aryl methyl sites for hydroxylation is 1. The molecule has 0 aromatic carbocycles. The lowest BCUT2D eigenvalue weighted by Gasteiger charge is -2.19. The Labute approximate surface area is 132 Å². The summed E-state index contributed by atoms with van der Waals surface area (Å²) in [7, 11) is 0. The summed E-state index contributed by atoms with van der Waals surface area (Å²) < 4.78 is 7.27. The summed E-state index contributed by atoms with van der Waals surface area (Å²) in [5.41, 5.74) is 0.0659. The third-order valence-corrected chi connectivity index (χ3v) is 3.41. The van der Waals surface area contributed by atoms with Gasteiger partial charge in [-0.1, -0.05) is 6.92 Å². The Morgan fingerprint density at radius 2 is 2.13 bits per heavy atom. The fraction of sp³-hybridized carbons (Fsp3) is 0.467. The van der Waals surface area contributed by atoms with E-state index in [4.69, 9.17) is 4.42 Å². The molecule has 3 aromatic heterocycles. The molecule has 0 atom stereocenters. The molecule has 0 aliphatic heterocycles. The van der Waals surface area contributed by atoms with Crippen LogP contribution in [-0.2, 0) is 18.5 Å². The quantitative estimate of drug-likeness (QED) is 0.763. The Balaban J connectivity index is 1.90. The monoisotopic (exact) mass is 316 g/mol. The summed E-state index contributed by atoms with van der Waals surface area (Å²) in [6, 6.07) is 0. The normalized spacial score (nSPS) is 12.0. The molecule has 8 nitrogen and oxygen atoms in total. The zero-order chi connectivity index (χ0) is 16.6. The van der Waals surface area contributed by atoms with E-state index in [1.165, 1.54) is 0 Å². The first kappa shape index (κ1) is 15.3. The summed E-state index contributed by atoms with van der Waals surface area (Å²) in [6.07, 6.45) is 3.95. The maximum absolute atomic E-state index is 12.2. The lowest BCUT2D eigenvalue weighted by Crippen LogP contribution is -2.24. The first-order valence-electron chi connectivity index (χ1n) is 7.54. The van der Waals surface area contributed by atoms with Crippen molar-refractivity contribution in [1.29, 1.82) is 0 Å². The van der Waals surface area contributed by atoms with Crippen LogP contribution in [0.1, 0.15) is 39.3 Å². The Kier molecular flexibility index (Phi) is 3.67. The number of anilines is 1. The Morgan fingerprint density at radius 1 is 1.35 bits per heavy atom.